The highest BCUT2D eigenvalue weighted by Gasteiger charge is 2.16. The lowest BCUT2D eigenvalue weighted by molar-refractivity contribution is 0.0701. The van der Waals surface area contributed by atoms with Crippen molar-refractivity contribution in [3.05, 3.63) is 34.9 Å². The molecule has 0 saturated carbocycles. The van der Waals surface area contributed by atoms with Crippen molar-refractivity contribution in [1.82, 2.24) is 15.1 Å². The van der Waals surface area contributed by atoms with E-state index in [-0.39, 0.29) is 4.88 Å². The number of thiazole rings is 1. The molecule has 1 N–H and O–H groups in total. The number of thioether (sulfide) groups is 1. The molecule has 3 aromatic heterocycles. The van der Waals surface area contributed by atoms with Gasteiger partial charge in [0.05, 0.1) is 17.7 Å². The van der Waals surface area contributed by atoms with Crippen molar-refractivity contribution in [3.63, 3.8) is 0 Å². The van der Waals surface area contributed by atoms with Gasteiger partial charge in [-0.25, -0.2) is 9.78 Å². The third kappa shape index (κ3) is 2.98. The molecule has 0 aliphatic carbocycles. The minimum atomic E-state index is -0.963. The summed E-state index contributed by atoms with van der Waals surface area (Å²) in [6, 6.07) is 3.48. The molecule has 9 heteroatoms. The van der Waals surface area contributed by atoms with Crippen molar-refractivity contribution >= 4 is 29.1 Å². The Morgan fingerprint density at radius 1 is 1.48 bits per heavy atom. The Hall–Kier alpha value is -2.13. The number of furan rings is 1. The average molecular weight is 323 g/mol. The van der Waals surface area contributed by atoms with Crippen molar-refractivity contribution < 1.29 is 18.8 Å². The first-order chi connectivity index (χ1) is 10.1. The molecule has 3 aromatic rings. The zero-order valence-corrected chi connectivity index (χ0v) is 12.4. The topological polar surface area (TPSA) is 102 Å². The van der Waals surface area contributed by atoms with E-state index < -0.39 is 5.97 Å². The van der Waals surface area contributed by atoms with Gasteiger partial charge in [0.2, 0.25) is 11.7 Å². The summed E-state index contributed by atoms with van der Waals surface area (Å²) in [4.78, 5) is 19.6. The number of aryl methyl sites for hydroxylation is 1. The summed E-state index contributed by atoms with van der Waals surface area (Å²) in [5.74, 6) is 0.802. The van der Waals surface area contributed by atoms with Crippen LogP contribution in [0.25, 0.3) is 11.6 Å². The van der Waals surface area contributed by atoms with E-state index in [4.69, 9.17) is 14.0 Å². The van der Waals surface area contributed by atoms with Gasteiger partial charge in [-0.2, -0.15) is 4.98 Å². The van der Waals surface area contributed by atoms with Crippen molar-refractivity contribution in [2.75, 3.05) is 0 Å². The van der Waals surface area contributed by atoms with Gasteiger partial charge in [-0.05, 0) is 19.1 Å². The largest absolute Gasteiger partial charge is 0.477 e. The summed E-state index contributed by atoms with van der Waals surface area (Å²) in [6.07, 6.45) is 1.53. The quantitative estimate of drug-likeness (QED) is 0.715. The lowest BCUT2D eigenvalue weighted by Gasteiger charge is -1.90. The van der Waals surface area contributed by atoms with Crippen LogP contribution in [0, 0.1) is 6.92 Å². The Balaban J connectivity index is 1.68. The van der Waals surface area contributed by atoms with E-state index in [0.29, 0.717) is 33.3 Å². The van der Waals surface area contributed by atoms with Gasteiger partial charge in [-0.3, -0.25) is 0 Å². The Kier molecular flexibility index (Phi) is 3.76. The molecule has 0 fully saturated rings. The molecule has 0 amide bonds. The van der Waals surface area contributed by atoms with Crippen LogP contribution in [0.4, 0.5) is 0 Å². The number of aromatic carboxylic acids is 1. The van der Waals surface area contributed by atoms with E-state index in [0.717, 1.165) is 11.3 Å². The SMILES string of the molecule is Cc1nc(SCc2nc(-c3ccco3)no2)sc1C(=O)O. The summed E-state index contributed by atoms with van der Waals surface area (Å²) < 4.78 is 10.9. The predicted octanol–water partition coefficient (Wildman–Crippen LogP) is 3.09. The summed E-state index contributed by atoms with van der Waals surface area (Å²) >= 11 is 2.49. The molecule has 3 rings (SSSR count). The third-order valence-corrected chi connectivity index (χ3v) is 4.77. The fourth-order valence-electron chi connectivity index (χ4n) is 1.57. The van der Waals surface area contributed by atoms with Crippen molar-refractivity contribution in [2.45, 2.75) is 17.0 Å². The van der Waals surface area contributed by atoms with E-state index in [1.165, 1.54) is 18.0 Å². The monoisotopic (exact) mass is 323 g/mol. The van der Waals surface area contributed by atoms with Crippen LogP contribution in [0.15, 0.2) is 31.7 Å². The lowest BCUT2D eigenvalue weighted by atomic mass is 10.4. The van der Waals surface area contributed by atoms with Crippen LogP contribution >= 0.6 is 23.1 Å². The molecule has 0 unspecified atom stereocenters. The number of carbonyl (C=O) groups is 1. The molecule has 108 valence electrons. The second-order valence-corrected chi connectivity index (χ2v) is 6.20. The van der Waals surface area contributed by atoms with Gasteiger partial charge < -0.3 is 14.0 Å². The van der Waals surface area contributed by atoms with Crippen molar-refractivity contribution in [3.8, 4) is 11.6 Å². The standard InChI is InChI=1S/C12H9N3O4S2/c1-6-9(11(16)17)21-12(13-6)20-5-8-14-10(15-19-8)7-3-2-4-18-7/h2-4H,5H2,1H3,(H,16,17). The second-order valence-electron chi connectivity index (χ2n) is 3.98. The van der Waals surface area contributed by atoms with Gasteiger partial charge in [0.15, 0.2) is 10.1 Å². The molecule has 0 atom stereocenters. The molecule has 0 radical (unpaired) electrons. The summed E-state index contributed by atoms with van der Waals surface area (Å²) in [7, 11) is 0. The van der Waals surface area contributed by atoms with E-state index in [1.807, 2.05) is 0 Å². The molecular weight excluding hydrogens is 314 g/mol. The Labute approximate surface area is 127 Å². The molecule has 21 heavy (non-hydrogen) atoms. The van der Waals surface area contributed by atoms with Crippen molar-refractivity contribution in [2.24, 2.45) is 0 Å². The smallest absolute Gasteiger partial charge is 0.347 e. The van der Waals surface area contributed by atoms with Crippen molar-refractivity contribution in [1.29, 1.82) is 0 Å². The van der Waals surface area contributed by atoms with Crippen LogP contribution < -0.4 is 0 Å². The van der Waals surface area contributed by atoms with Crippen LogP contribution in [0.2, 0.25) is 0 Å². The zero-order valence-electron chi connectivity index (χ0n) is 10.8. The van der Waals surface area contributed by atoms with Gasteiger partial charge >= 0.3 is 5.97 Å². The van der Waals surface area contributed by atoms with Gasteiger partial charge in [-0.15, -0.1) is 11.3 Å². The Bertz CT molecular complexity index is 763. The summed E-state index contributed by atoms with van der Waals surface area (Å²) in [5, 5.41) is 12.8. The van der Waals surface area contributed by atoms with Crippen LogP contribution in [-0.2, 0) is 5.75 Å². The highest BCUT2D eigenvalue weighted by atomic mass is 32.2. The minimum Gasteiger partial charge on any atom is -0.477 e. The second kappa shape index (κ2) is 5.70. The predicted molar refractivity (Wildman–Crippen MR) is 75.4 cm³/mol. The average Bonchev–Trinajstić information content (AvgIpc) is 3.16. The normalized spacial score (nSPS) is 10.9. The maximum absolute atomic E-state index is 11.0. The first-order valence-electron chi connectivity index (χ1n) is 5.83. The van der Waals surface area contributed by atoms with E-state index in [9.17, 15) is 4.79 Å². The highest BCUT2D eigenvalue weighted by molar-refractivity contribution is 8.00. The minimum absolute atomic E-state index is 0.249. The van der Waals surface area contributed by atoms with E-state index in [2.05, 4.69) is 15.1 Å². The first kappa shape index (κ1) is 13.8. The van der Waals surface area contributed by atoms with Crippen LogP contribution in [-0.4, -0.2) is 26.2 Å². The zero-order chi connectivity index (χ0) is 14.8. The molecule has 0 bridgehead atoms. The lowest BCUT2D eigenvalue weighted by Crippen LogP contribution is -1.94. The maximum Gasteiger partial charge on any atom is 0.347 e. The third-order valence-electron chi connectivity index (χ3n) is 2.50. The number of nitrogens with zero attached hydrogens (tertiary/aromatic N) is 3. The Morgan fingerprint density at radius 2 is 2.33 bits per heavy atom. The molecule has 0 aliphatic heterocycles. The number of hydrogen-bond donors (Lipinski definition) is 1. The first-order valence-corrected chi connectivity index (χ1v) is 7.63. The van der Waals surface area contributed by atoms with Gasteiger partial charge in [-0.1, -0.05) is 16.9 Å². The number of carboxylic acids is 1. The van der Waals surface area contributed by atoms with E-state index >= 15 is 0 Å². The van der Waals surface area contributed by atoms with Gasteiger partial charge in [0.1, 0.15) is 4.88 Å². The van der Waals surface area contributed by atoms with Crippen LogP contribution in [0.3, 0.4) is 0 Å². The Morgan fingerprint density at radius 3 is 3.00 bits per heavy atom. The fourth-order valence-corrected chi connectivity index (χ4v) is 3.44. The molecule has 0 aromatic carbocycles. The van der Waals surface area contributed by atoms with Gasteiger partial charge in [0.25, 0.3) is 0 Å². The maximum atomic E-state index is 11.0. The molecule has 3 heterocycles. The summed E-state index contributed by atoms with van der Waals surface area (Å²) in [6.45, 7) is 1.67. The van der Waals surface area contributed by atoms with E-state index in [1.54, 1.807) is 19.1 Å². The molecular formula is C12H9N3O4S2. The molecule has 0 saturated heterocycles. The number of aromatic nitrogens is 3. The number of rotatable bonds is 5. The fraction of sp³-hybridized carbons (Fsp3) is 0.167. The summed E-state index contributed by atoms with van der Waals surface area (Å²) in [5.41, 5.74) is 0.511. The number of hydrogen-bond acceptors (Lipinski definition) is 8. The molecule has 7 nitrogen and oxygen atoms in total. The van der Waals surface area contributed by atoms with Crippen LogP contribution in [0.1, 0.15) is 21.3 Å². The molecule has 0 spiro atoms. The van der Waals surface area contributed by atoms with Gasteiger partial charge in [0, 0.05) is 0 Å². The highest BCUT2D eigenvalue weighted by Crippen LogP contribution is 2.29. The molecule has 0 aliphatic rings. The van der Waals surface area contributed by atoms with Crippen LogP contribution in [0.5, 0.6) is 0 Å². The number of carboxylic acid groups (broad SMARTS) is 1.